The van der Waals surface area contributed by atoms with Crippen LogP contribution in [0, 0.1) is 11.8 Å². The summed E-state index contributed by atoms with van der Waals surface area (Å²) in [5.41, 5.74) is 2.37. The van der Waals surface area contributed by atoms with Crippen molar-refractivity contribution in [2.45, 2.75) is 26.2 Å². The number of nitrogens with zero attached hydrogens (tertiary/aromatic N) is 1. The Morgan fingerprint density at radius 1 is 1.42 bits per heavy atom. The zero-order chi connectivity index (χ0) is 13.2. The first-order chi connectivity index (χ1) is 9.28. The maximum absolute atomic E-state index is 5.70. The highest BCUT2D eigenvalue weighted by Crippen LogP contribution is 2.32. The average molecular weight is 260 g/mol. The summed E-state index contributed by atoms with van der Waals surface area (Å²) in [4.78, 5) is 2.40. The Bertz CT molecular complexity index is 439. The molecule has 3 heteroatoms. The fourth-order valence-electron chi connectivity index (χ4n) is 3.27. The number of likely N-dealkylation sites (tertiary alicyclic amines) is 1. The fourth-order valence-corrected chi connectivity index (χ4v) is 3.27. The normalized spacial score (nSPS) is 25.8. The molecule has 2 aliphatic heterocycles. The summed E-state index contributed by atoms with van der Waals surface area (Å²) in [6, 6.07) is 2.17. The largest absolute Gasteiger partial charge is 0.463 e. The highest BCUT2D eigenvalue weighted by atomic mass is 16.3. The molecule has 0 amide bonds. The Morgan fingerprint density at radius 2 is 2.16 bits per heavy atom. The number of aryl methyl sites for hydroxylation is 1. The van der Waals surface area contributed by atoms with Crippen molar-refractivity contribution >= 4 is 5.70 Å². The third-order valence-corrected chi connectivity index (χ3v) is 4.53. The number of nitrogens with one attached hydrogen (secondary N) is 1. The van der Waals surface area contributed by atoms with Crippen LogP contribution in [0.25, 0.3) is 5.70 Å². The van der Waals surface area contributed by atoms with Gasteiger partial charge in [-0.3, -0.25) is 0 Å². The van der Waals surface area contributed by atoms with Crippen LogP contribution in [0.3, 0.4) is 0 Å². The molecule has 1 aromatic heterocycles. The Kier molecular flexibility index (Phi) is 3.65. The van der Waals surface area contributed by atoms with Gasteiger partial charge >= 0.3 is 0 Å². The predicted molar refractivity (Wildman–Crippen MR) is 77.8 cm³/mol. The van der Waals surface area contributed by atoms with Crippen LogP contribution >= 0.6 is 0 Å². The fraction of sp³-hybridized carbons (Fsp3) is 0.625. The molecule has 3 heterocycles. The number of furan rings is 1. The maximum atomic E-state index is 5.70. The van der Waals surface area contributed by atoms with Crippen LogP contribution < -0.4 is 5.32 Å². The van der Waals surface area contributed by atoms with Gasteiger partial charge in [0.05, 0.1) is 12.0 Å². The minimum absolute atomic E-state index is 0.797. The van der Waals surface area contributed by atoms with Crippen molar-refractivity contribution in [2.75, 3.05) is 26.2 Å². The second kappa shape index (κ2) is 5.41. The molecule has 2 unspecified atom stereocenters. The Hall–Kier alpha value is -1.22. The molecule has 0 aromatic carbocycles. The molecule has 19 heavy (non-hydrogen) atoms. The van der Waals surface area contributed by atoms with E-state index in [0.717, 1.165) is 55.9 Å². The van der Waals surface area contributed by atoms with Crippen molar-refractivity contribution in [1.82, 2.24) is 10.2 Å². The van der Waals surface area contributed by atoms with E-state index in [4.69, 9.17) is 4.42 Å². The third-order valence-electron chi connectivity index (χ3n) is 4.53. The first-order valence-electron chi connectivity index (χ1n) is 7.50. The molecule has 0 spiro atoms. The van der Waals surface area contributed by atoms with Crippen molar-refractivity contribution in [3.8, 4) is 0 Å². The maximum Gasteiger partial charge on any atom is 0.149 e. The summed E-state index contributed by atoms with van der Waals surface area (Å²) in [6.45, 7) is 11.0. The van der Waals surface area contributed by atoms with Gasteiger partial charge in [-0.2, -0.15) is 0 Å². The summed E-state index contributed by atoms with van der Waals surface area (Å²) in [5.74, 6) is 2.55. The number of rotatable bonds is 5. The lowest BCUT2D eigenvalue weighted by atomic mass is 10.0. The molecule has 0 radical (unpaired) electrons. The van der Waals surface area contributed by atoms with E-state index in [-0.39, 0.29) is 0 Å². The molecule has 1 aromatic rings. The zero-order valence-corrected chi connectivity index (χ0v) is 11.8. The van der Waals surface area contributed by atoms with Gasteiger partial charge in [-0.15, -0.1) is 0 Å². The number of unbranched alkanes of at least 4 members (excludes halogenated alkanes) is 1. The quantitative estimate of drug-likeness (QED) is 0.882. The lowest BCUT2D eigenvalue weighted by Gasteiger charge is -2.20. The van der Waals surface area contributed by atoms with Gasteiger partial charge in [-0.1, -0.05) is 19.9 Å². The molecule has 1 N–H and O–H groups in total. The molecule has 2 aliphatic rings. The van der Waals surface area contributed by atoms with Gasteiger partial charge in [0.2, 0.25) is 0 Å². The van der Waals surface area contributed by atoms with E-state index in [9.17, 15) is 0 Å². The van der Waals surface area contributed by atoms with Crippen LogP contribution in [0.4, 0.5) is 0 Å². The van der Waals surface area contributed by atoms with E-state index >= 15 is 0 Å². The van der Waals surface area contributed by atoms with Gasteiger partial charge in [0, 0.05) is 26.2 Å². The molecule has 0 saturated carbocycles. The van der Waals surface area contributed by atoms with Crippen LogP contribution in [-0.2, 0) is 6.42 Å². The van der Waals surface area contributed by atoms with Crippen molar-refractivity contribution in [3.05, 3.63) is 30.2 Å². The van der Waals surface area contributed by atoms with Gasteiger partial charge in [0.15, 0.2) is 0 Å². The van der Waals surface area contributed by atoms with E-state index in [0.29, 0.717) is 0 Å². The van der Waals surface area contributed by atoms with Gasteiger partial charge in [-0.25, -0.2) is 0 Å². The van der Waals surface area contributed by atoms with Gasteiger partial charge in [0.25, 0.3) is 0 Å². The summed E-state index contributed by atoms with van der Waals surface area (Å²) in [7, 11) is 0. The smallest absolute Gasteiger partial charge is 0.149 e. The number of hydrogen-bond donors (Lipinski definition) is 1. The molecule has 2 saturated heterocycles. The van der Waals surface area contributed by atoms with Crippen LogP contribution in [0.2, 0.25) is 0 Å². The van der Waals surface area contributed by atoms with Gasteiger partial charge in [-0.05, 0) is 36.3 Å². The van der Waals surface area contributed by atoms with Crippen LogP contribution in [0.15, 0.2) is 23.3 Å². The lowest BCUT2D eigenvalue weighted by molar-refractivity contribution is 0.426. The molecule has 2 fully saturated rings. The van der Waals surface area contributed by atoms with Crippen molar-refractivity contribution < 1.29 is 4.42 Å². The van der Waals surface area contributed by atoms with Gasteiger partial charge in [0.1, 0.15) is 5.76 Å². The molecule has 3 rings (SSSR count). The van der Waals surface area contributed by atoms with E-state index in [1.165, 1.54) is 18.4 Å². The molecule has 0 aliphatic carbocycles. The predicted octanol–water partition coefficient (Wildman–Crippen LogP) is 2.74. The van der Waals surface area contributed by atoms with Crippen molar-refractivity contribution in [2.24, 2.45) is 11.8 Å². The summed E-state index contributed by atoms with van der Waals surface area (Å²) < 4.78 is 5.70. The lowest BCUT2D eigenvalue weighted by Crippen LogP contribution is -2.24. The second-order valence-corrected chi connectivity index (χ2v) is 5.95. The molecular weight excluding hydrogens is 236 g/mol. The second-order valence-electron chi connectivity index (χ2n) is 5.95. The Balaban J connectivity index is 1.62. The SMILES string of the molecule is C=C(c1cc(CCCC)co1)N1CC2CNCC2C1. The van der Waals surface area contributed by atoms with Crippen molar-refractivity contribution in [1.29, 1.82) is 0 Å². The number of hydrogen-bond acceptors (Lipinski definition) is 3. The first kappa shape index (κ1) is 12.8. The standard InChI is InChI=1S/C16H24N2O/c1-3-4-5-13-6-16(19-11-13)12(2)18-9-14-7-17-8-15(14)10-18/h6,11,14-15,17H,2-5,7-10H2,1H3. The van der Waals surface area contributed by atoms with Crippen LogP contribution in [-0.4, -0.2) is 31.1 Å². The molecule has 3 nitrogen and oxygen atoms in total. The number of fused-ring (bicyclic) bond motifs is 1. The first-order valence-corrected chi connectivity index (χ1v) is 7.50. The summed E-state index contributed by atoms with van der Waals surface area (Å²) >= 11 is 0. The van der Waals surface area contributed by atoms with Gasteiger partial charge < -0.3 is 14.6 Å². The monoisotopic (exact) mass is 260 g/mol. The van der Waals surface area contributed by atoms with E-state index in [1.807, 2.05) is 6.26 Å². The Morgan fingerprint density at radius 3 is 2.84 bits per heavy atom. The molecule has 0 bridgehead atoms. The molecule has 104 valence electrons. The molecule has 2 atom stereocenters. The minimum atomic E-state index is 0.797. The van der Waals surface area contributed by atoms with E-state index < -0.39 is 0 Å². The van der Waals surface area contributed by atoms with E-state index in [2.05, 4.69) is 29.8 Å². The van der Waals surface area contributed by atoms with Crippen LogP contribution in [0.1, 0.15) is 31.1 Å². The molecular formula is C16H24N2O. The minimum Gasteiger partial charge on any atom is -0.463 e. The highest BCUT2D eigenvalue weighted by Gasteiger charge is 2.37. The van der Waals surface area contributed by atoms with Crippen molar-refractivity contribution in [3.63, 3.8) is 0 Å². The van der Waals surface area contributed by atoms with Crippen LogP contribution in [0.5, 0.6) is 0 Å². The zero-order valence-electron chi connectivity index (χ0n) is 11.8. The summed E-state index contributed by atoms with van der Waals surface area (Å²) in [5, 5.41) is 3.47. The topological polar surface area (TPSA) is 28.4 Å². The van der Waals surface area contributed by atoms with E-state index in [1.54, 1.807) is 0 Å². The third kappa shape index (κ3) is 2.57. The highest BCUT2D eigenvalue weighted by molar-refractivity contribution is 5.58. The summed E-state index contributed by atoms with van der Waals surface area (Å²) in [6.07, 6.45) is 5.46. The Labute approximate surface area is 115 Å². The average Bonchev–Trinajstić information content (AvgIpc) is 3.10.